The third-order valence-electron chi connectivity index (χ3n) is 5.51. The Labute approximate surface area is 148 Å². The third-order valence-corrected chi connectivity index (χ3v) is 5.77. The second-order valence-corrected chi connectivity index (χ2v) is 7.47. The van der Waals surface area contributed by atoms with Gasteiger partial charge in [-0.05, 0) is 49.9 Å². The van der Waals surface area contributed by atoms with Gasteiger partial charge in [-0.15, -0.1) is 0 Å². The van der Waals surface area contributed by atoms with Crippen LogP contribution in [-0.2, 0) is 4.79 Å². The zero-order valence-corrected chi connectivity index (χ0v) is 14.6. The van der Waals surface area contributed by atoms with Crippen LogP contribution in [0.5, 0.6) is 0 Å². The lowest BCUT2D eigenvalue weighted by Gasteiger charge is -2.45. The van der Waals surface area contributed by atoms with Crippen molar-refractivity contribution in [1.82, 2.24) is 4.90 Å². The number of primary amides is 1. The number of hydrogen-bond acceptors (Lipinski definition) is 4. The highest BCUT2D eigenvalue weighted by Crippen LogP contribution is 2.31. The van der Waals surface area contributed by atoms with Gasteiger partial charge in [0.15, 0.2) is 0 Å². The minimum absolute atomic E-state index is 0.222. The first-order chi connectivity index (χ1) is 11.5. The first-order valence-electron chi connectivity index (χ1n) is 8.76. The SMILES string of the molecule is NC(=O)C1(Nc2ccc(Cl)cc2)CCN([C@@H]2CCCC[C@H]2O)CC1. The molecule has 2 fully saturated rings. The van der Waals surface area contributed by atoms with Crippen LogP contribution < -0.4 is 11.1 Å². The molecule has 2 aliphatic rings. The van der Waals surface area contributed by atoms with Gasteiger partial charge in [0, 0.05) is 29.8 Å². The van der Waals surface area contributed by atoms with Crippen LogP contribution >= 0.6 is 11.6 Å². The van der Waals surface area contributed by atoms with E-state index in [9.17, 15) is 9.90 Å². The van der Waals surface area contributed by atoms with E-state index in [2.05, 4.69) is 10.2 Å². The molecule has 5 nitrogen and oxygen atoms in total. The Morgan fingerprint density at radius 2 is 1.83 bits per heavy atom. The highest BCUT2D eigenvalue weighted by atomic mass is 35.5. The van der Waals surface area contributed by atoms with Crippen LogP contribution in [-0.4, -0.2) is 46.7 Å². The molecule has 2 atom stereocenters. The summed E-state index contributed by atoms with van der Waals surface area (Å²) in [5, 5.41) is 14.3. The number of benzene rings is 1. The summed E-state index contributed by atoms with van der Waals surface area (Å²) in [6.07, 6.45) is 5.24. The molecule has 0 aromatic heterocycles. The molecule has 4 N–H and O–H groups in total. The molecule has 0 unspecified atom stereocenters. The molecule has 0 radical (unpaired) electrons. The average Bonchev–Trinajstić information content (AvgIpc) is 2.58. The van der Waals surface area contributed by atoms with E-state index in [0.717, 1.165) is 38.0 Å². The highest BCUT2D eigenvalue weighted by Gasteiger charge is 2.42. The van der Waals surface area contributed by atoms with Gasteiger partial charge in [0.05, 0.1) is 6.10 Å². The van der Waals surface area contributed by atoms with Crippen molar-refractivity contribution in [3.05, 3.63) is 29.3 Å². The molecule has 1 heterocycles. The second kappa shape index (κ2) is 7.30. The van der Waals surface area contributed by atoms with E-state index in [1.807, 2.05) is 12.1 Å². The van der Waals surface area contributed by atoms with Gasteiger partial charge in [-0.2, -0.15) is 0 Å². The number of hydrogen-bond donors (Lipinski definition) is 3. The first kappa shape index (κ1) is 17.5. The van der Waals surface area contributed by atoms with Gasteiger partial charge in [0.1, 0.15) is 5.54 Å². The Bertz CT molecular complexity index is 570. The lowest BCUT2D eigenvalue weighted by atomic mass is 9.83. The summed E-state index contributed by atoms with van der Waals surface area (Å²) in [5.74, 6) is -0.318. The molecule has 1 aliphatic heterocycles. The Morgan fingerprint density at radius 1 is 1.21 bits per heavy atom. The van der Waals surface area contributed by atoms with Gasteiger partial charge in [0.2, 0.25) is 5.91 Å². The van der Waals surface area contributed by atoms with Gasteiger partial charge in [-0.3, -0.25) is 9.69 Å². The fourth-order valence-electron chi connectivity index (χ4n) is 4.00. The van der Waals surface area contributed by atoms with Crippen molar-refractivity contribution in [2.75, 3.05) is 18.4 Å². The largest absolute Gasteiger partial charge is 0.391 e. The molecule has 3 rings (SSSR count). The number of amides is 1. The van der Waals surface area contributed by atoms with Crippen molar-refractivity contribution in [2.24, 2.45) is 5.73 Å². The lowest BCUT2D eigenvalue weighted by Crippen LogP contribution is -2.59. The van der Waals surface area contributed by atoms with E-state index in [4.69, 9.17) is 17.3 Å². The van der Waals surface area contributed by atoms with Crippen molar-refractivity contribution >= 4 is 23.2 Å². The zero-order valence-electron chi connectivity index (χ0n) is 13.9. The molecule has 6 heteroatoms. The number of likely N-dealkylation sites (tertiary alicyclic amines) is 1. The summed E-state index contributed by atoms with van der Waals surface area (Å²) in [4.78, 5) is 14.5. The van der Waals surface area contributed by atoms with Gasteiger partial charge < -0.3 is 16.2 Å². The molecule has 24 heavy (non-hydrogen) atoms. The molecule has 1 saturated carbocycles. The van der Waals surface area contributed by atoms with E-state index in [1.165, 1.54) is 6.42 Å². The van der Waals surface area contributed by atoms with Crippen LogP contribution in [0.4, 0.5) is 5.69 Å². The molecule has 0 spiro atoms. The lowest BCUT2D eigenvalue weighted by molar-refractivity contribution is -0.124. The quantitative estimate of drug-likeness (QED) is 0.778. The summed E-state index contributed by atoms with van der Waals surface area (Å²) >= 11 is 5.92. The van der Waals surface area contributed by atoms with Gasteiger partial charge in [0.25, 0.3) is 0 Å². The number of anilines is 1. The summed E-state index contributed by atoms with van der Waals surface area (Å²) in [6, 6.07) is 7.55. The Morgan fingerprint density at radius 3 is 2.42 bits per heavy atom. The van der Waals surface area contributed by atoms with Crippen LogP contribution in [0.15, 0.2) is 24.3 Å². The Kier molecular flexibility index (Phi) is 5.33. The topological polar surface area (TPSA) is 78.6 Å². The zero-order chi connectivity index (χ0) is 17.2. The fraction of sp³-hybridized carbons (Fsp3) is 0.611. The molecule has 1 aromatic carbocycles. The monoisotopic (exact) mass is 351 g/mol. The number of halogens is 1. The van der Waals surface area contributed by atoms with E-state index < -0.39 is 5.54 Å². The van der Waals surface area contributed by atoms with Crippen LogP contribution in [0.2, 0.25) is 5.02 Å². The van der Waals surface area contributed by atoms with Gasteiger partial charge in [-0.1, -0.05) is 24.4 Å². The number of piperidine rings is 1. The van der Waals surface area contributed by atoms with Crippen LogP contribution in [0.3, 0.4) is 0 Å². The second-order valence-electron chi connectivity index (χ2n) is 7.03. The molecular weight excluding hydrogens is 326 g/mol. The number of nitrogens with two attached hydrogens (primary N) is 1. The number of carbonyl (C=O) groups excluding carboxylic acids is 1. The van der Waals surface area contributed by atoms with E-state index >= 15 is 0 Å². The molecular formula is C18H26ClN3O2. The van der Waals surface area contributed by atoms with Gasteiger partial charge >= 0.3 is 0 Å². The molecule has 1 saturated heterocycles. The van der Waals surface area contributed by atoms with Gasteiger partial charge in [-0.25, -0.2) is 0 Å². The standard InChI is InChI=1S/C18H26ClN3O2/c19-13-5-7-14(8-6-13)21-18(17(20)24)9-11-22(12-10-18)15-3-1-2-4-16(15)23/h5-8,15-16,21,23H,1-4,9-12H2,(H2,20,24)/t15-,16-/m1/s1. The van der Waals surface area contributed by atoms with Crippen molar-refractivity contribution in [2.45, 2.75) is 56.2 Å². The fourth-order valence-corrected chi connectivity index (χ4v) is 4.12. The number of nitrogens with zero attached hydrogens (tertiary/aromatic N) is 1. The van der Waals surface area contributed by atoms with E-state index in [0.29, 0.717) is 17.9 Å². The number of nitrogens with one attached hydrogen (secondary N) is 1. The molecule has 132 valence electrons. The molecule has 1 aromatic rings. The Hall–Kier alpha value is -1.30. The maximum atomic E-state index is 12.2. The van der Waals surface area contributed by atoms with Crippen molar-refractivity contribution in [3.8, 4) is 0 Å². The summed E-state index contributed by atoms with van der Waals surface area (Å²) in [5.41, 5.74) is 5.85. The third kappa shape index (κ3) is 3.68. The molecule has 1 aliphatic carbocycles. The number of aliphatic hydroxyl groups excluding tert-OH is 1. The van der Waals surface area contributed by atoms with Crippen molar-refractivity contribution in [1.29, 1.82) is 0 Å². The minimum atomic E-state index is -0.732. The number of rotatable bonds is 4. The Balaban J connectivity index is 1.67. The average molecular weight is 352 g/mol. The maximum Gasteiger partial charge on any atom is 0.243 e. The van der Waals surface area contributed by atoms with Crippen molar-refractivity contribution in [3.63, 3.8) is 0 Å². The smallest absolute Gasteiger partial charge is 0.243 e. The minimum Gasteiger partial charge on any atom is -0.391 e. The first-order valence-corrected chi connectivity index (χ1v) is 9.14. The normalized spacial score (nSPS) is 27.6. The van der Waals surface area contributed by atoms with Crippen LogP contribution in [0, 0.1) is 0 Å². The summed E-state index contributed by atoms with van der Waals surface area (Å²) in [6.45, 7) is 1.54. The predicted octanol–water partition coefficient (Wildman–Crippen LogP) is 2.38. The predicted molar refractivity (Wildman–Crippen MR) is 96.1 cm³/mol. The van der Waals surface area contributed by atoms with E-state index in [-0.39, 0.29) is 18.1 Å². The number of aliphatic hydroxyl groups is 1. The summed E-state index contributed by atoms with van der Waals surface area (Å²) < 4.78 is 0. The van der Waals surface area contributed by atoms with Crippen LogP contribution in [0.25, 0.3) is 0 Å². The maximum absolute atomic E-state index is 12.2. The van der Waals surface area contributed by atoms with Crippen LogP contribution in [0.1, 0.15) is 38.5 Å². The molecule has 0 bridgehead atoms. The highest BCUT2D eigenvalue weighted by molar-refractivity contribution is 6.30. The van der Waals surface area contributed by atoms with E-state index in [1.54, 1.807) is 12.1 Å². The number of carbonyl (C=O) groups is 1. The summed E-state index contributed by atoms with van der Waals surface area (Å²) in [7, 11) is 0. The molecule has 1 amide bonds. The van der Waals surface area contributed by atoms with Crippen molar-refractivity contribution < 1.29 is 9.90 Å².